The zero-order chi connectivity index (χ0) is 17.8. The Morgan fingerprint density at radius 1 is 1.12 bits per heavy atom. The van der Waals surface area contributed by atoms with Crippen LogP contribution in [0, 0.1) is 0 Å². The van der Waals surface area contributed by atoms with Gasteiger partial charge in [-0.25, -0.2) is 4.79 Å². The monoisotopic (exact) mass is 402 g/mol. The molecule has 0 aliphatic rings. The number of ether oxygens (including phenoxy) is 2. The zero-order valence-electron chi connectivity index (χ0n) is 14.2. The lowest BCUT2D eigenvalue weighted by atomic mass is 10.0. The molecule has 0 saturated heterocycles. The molecule has 0 saturated carbocycles. The van der Waals surface area contributed by atoms with E-state index in [2.05, 4.69) is 15.9 Å². The normalized spacial score (nSPS) is 10.8. The summed E-state index contributed by atoms with van der Waals surface area (Å²) in [6.45, 7) is 2.13. The Hall–Kier alpha value is -2.27. The lowest BCUT2D eigenvalue weighted by Gasteiger charge is -2.05. The fourth-order valence-electron chi connectivity index (χ4n) is 2.77. The van der Waals surface area contributed by atoms with Gasteiger partial charge in [-0.15, -0.1) is 0 Å². The van der Waals surface area contributed by atoms with Crippen molar-refractivity contribution in [1.29, 1.82) is 0 Å². The minimum absolute atomic E-state index is 0.331. The van der Waals surface area contributed by atoms with E-state index in [0.717, 1.165) is 27.6 Å². The highest BCUT2D eigenvalue weighted by atomic mass is 79.9. The van der Waals surface area contributed by atoms with Gasteiger partial charge in [0.15, 0.2) is 0 Å². The summed E-state index contributed by atoms with van der Waals surface area (Å²) in [6, 6.07) is 13.5. The second kappa shape index (κ2) is 7.74. The SMILES string of the molecule is CCOC(=O)c1c(CCc2ccc(OC)cc2)oc2ccc(Br)cc12. The van der Waals surface area contributed by atoms with Crippen LogP contribution >= 0.6 is 15.9 Å². The molecule has 0 aliphatic carbocycles. The van der Waals surface area contributed by atoms with Crippen LogP contribution in [0.4, 0.5) is 0 Å². The Labute approximate surface area is 154 Å². The first-order valence-corrected chi connectivity index (χ1v) is 8.92. The first-order valence-electron chi connectivity index (χ1n) is 8.13. The lowest BCUT2D eigenvalue weighted by Crippen LogP contribution is -2.07. The maximum Gasteiger partial charge on any atom is 0.342 e. The Balaban J connectivity index is 1.91. The quantitative estimate of drug-likeness (QED) is 0.533. The molecule has 0 radical (unpaired) electrons. The molecule has 2 aromatic carbocycles. The number of aryl methyl sites for hydroxylation is 2. The van der Waals surface area contributed by atoms with Crippen molar-refractivity contribution in [1.82, 2.24) is 0 Å². The van der Waals surface area contributed by atoms with E-state index in [9.17, 15) is 4.79 Å². The second-order valence-corrected chi connectivity index (χ2v) is 6.52. The van der Waals surface area contributed by atoms with Crippen molar-refractivity contribution in [3.63, 3.8) is 0 Å². The summed E-state index contributed by atoms with van der Waals surface area (Å²) in [5.41, 5.74) is 2.36. The first kappa shape index (κ1) is 17.5. The Morgan fingerprint density at radius 3 is 2.56 bits per heavy atom. The average molecular weight is 403 g/mol. The summed E-state index contributed by atoms with van der Waals surface area (Å²) in [7, 11) is 1.65. The van der Waals surface area contributed by atoms with Crippen LogP contribution < -0.4 is 4.74 Å². The van der Waals surface area contributed by atoms with Crippen LogP contribution in [0.5, 0.6) is 5.75 Å². The van der Waals surface area contributed by atoms with Gasteiger partial charge < -0.3 is 13.9 Å². The Bertz CT molecular complexity index is 881. The van der Waals surface area contributed by atoms with E-state index in [1.165, 1.54) is 0 Å². The highest BCUT2D eigenvalue weighted by Crippen LogP contribution is 2.30. The van der Waals surface area contributed by atoms with Gasteiger partial charge in [0, 0.05) is 16.3 Å². The number of hydrogen-bond acceptors (Lipinski definition) is 4. The van der Waals surface area contributed by atoms with Crippen molar-refractivity contribution in [2.45, 2.75) is 19.8 Å². The lowest BCUT2D eigenvalue weighted by molar-refractivity contribution is 0.0526. The smallest absolute Gasteiger partial charge is 0.342 e. The summed E-state index contributed by atoms with van der Waals surface area (Å²) in [4.78, 5) is 12.4. The second-order valence-electron chi connectivity index (χ2n) is 5.61. The van der Waals surface area contributed by atoms with Crippen molar-refractivity contribution in [2.75, 3.05) is 13.7 Å². The minimum atomic E-state index is -0.343. The summed E-state index contributed by atoms with van der Waals surface area (Å²) in [6.07, 6.45) is 1.38. The molecule has 0 bridgehead atoms. The number of hydrogen-bond donors (Lipinski definition) is 0. The van der Waals surface area contributed by atoms with Gasteiger partial charge in [0.25, 0.3) is 0 Å². The van der Waals surface area contributed by atoms with Gasteiger partial charge in [-0.3, -0.25) is 0 Å². The van der Waals surface area contributed by atoms with Crippen LogP contribution in [0.3, 0.4) is 0 Å². The van der Waals surface area contributed by atoms with E-state index in [0.29, 0.717) is 29.9 Å². The molecule has 0 unspecified atom stereocenters. The number of furan rings is 1. The molecule has 5 heteroatoms. The van der Waals surface area contributed by atoms with Crippen LogP contribution in [-0.2, 0) is 17.6 Å². The summed E-state index contributed by atoms with van der Waals surface area (Å²) < 4.78 is 17.2. The largest absolute Gasteiger partial charge is 0.497 e. The Morgan fingerprint density at radius 2 is 1.88 bits per heavy atom. The number of fused-ring (bicyclic) bond motifs is 1. The van der Waals surface area contributed by atoms with Crippen molar-refractivity contribution < 1.29 is 18.7 Å². The third-order valence-corrected chi connectivity index (χ3v) is 4.50. The predicted molar refractivity (Wildman–Crippen MR) is 100 cm³/mol. The van der Waals surface area contributed by atoms with Crippen LogP contribution in [0.2, 0.25) is 0 Å². The fourth-order valence-corrected chi connectivity index (χ4v) is 3.13. The molecule has 0 N–H and O–H groups in total. The molecule has 0 atom stereocenters. The van der Waals surface area contributed by atoms with Gasteiger partial charge in [0.05, 0.1) is 13.7 Å². The third-order valence-electron chi connectivity index (χ3n) is 4.00. The number of methoxy groups -OCH3 is 1. The maximum absolute atomic E-state index is 12.4. The van der Waals surface area contributed by atoms with Crippen LogP contribution in [0.1, 0.15) is 28.6 Å². The highest BCUT2D eigenvalue weighted by Gasteiger charge is 2.22. The minimum Gasteiger partial charge on any atom is -0.497 e. The molecule has 0 amide bonds. The number of esters is 1. The topological polar surface area (TPSA) is 48.7 Å². The van der Waals surface area contributed by atoms with Gasteiger partial charge in [0.2, 0.25) is 0 Å². The summed E-state index contributed by atoms with van der Waals surface area (Å²) in [5, 5.41) is 0.776. The standard InChI is InChI=1S/C20H19BrO4/c1-3-24-20(22)19-16-12-14(21)7-11-17(16)25-18(19)10-6-13-4-8-15(23-2)9-5-13/h4-5,7-9,11-12H,3,6,10H2,1-2H3. The summed E-state index contributed by atoms with van der Waals surface area (Å²) in [5.74, 6) is 1.14. The van der Waals surface area contributed by atoms with E-state index in [4.69, 9.17) is 13.9 Å². The molecule has 1 aromatic heterocycles. The molecule has 25 heavy (non-hydrogen) atoms. The van der Waals surface area contributed by atoms with Crippen molar-refractivity contribution in [2.24, 2.45) is 0 Å². The number of rotatable bonds is 6. The summed E-state index contributed by atoms with van der Waals surface area (Å²) >= 11 is 3.45. The van der Waals surface area contributed by atoms with Crippen LogP contribution in [-0.4, -0.2) is 19.7 Å². The van der Waals surface area contributed by atoms with E-state index in [1.807, 2.05) is 42.5 Å². The molecular weight excluding hydrogens is 384 g/mol. The third kappa shape index (κ3) is 3.87. The molecule has 3 rings (SSSR count). The maximum atomic E-state index is 12.4. The number of carbonyl (C=O) groups excluding carboxylic acids is 1. The molecule has 0 spiro atoms. The number of carbonyl (C=O) groups is 1. The molecule has 1 heterocycles. The predicted octanol–water partition coefficient (Wildman–Crippen LogP) is 5.17. The molecule has 0 fully saturated rings. The van der Waals surface area contributed by atoms with Gasteiger partial charge in [-0.05, 0) is 49.2 Å². The Kier molecular flexibility index (Phi) is 5.43. The first-order chi connectivity index (χ1) is 12.1. The fraction of sp³-hybridized carbons (Fsp3) is 0.250. The van der Waals surface area contributed by atoms with Crippen LogP contribution in [0.25, 0.3) is 11.0 Å². The molecule has 3 aromatic rings. The van der Waals surface area contributed by atoms with Gasteiger partial charge in [0.1, 0.15) is 22.7 Å². The van der Waals surface area contributed by atoms with Gasteiger partial charge in [-0.1, -0.05) is 28.1 Å². The van der Waals surface area contributed by atoms with E-state index in [1.54, 1.807) is 14.0 Å². The van der Waals surface area contributed by atoms with E-state index in [-0.39, 0.29) is 5.97 Å². The highest BCUT2D eigenvalue weighted by molar-refractivity contribution is 9.10. The zero-order valence-corrected chi connectivity index (χ0v) is 15.8. The molecular formula is C20H19BrO4. The number of benzene rings is 2. The van der Waals surface area contributed by atoms with Gasteiger partial charge >= 0.3 is 5.97 Å². The molecule has 130 valence electrons. The van der Waals surface area contributed by atoms with Crippen molar-refractivity contribution in [3.05, 3.63) is 63.8 Å². The van der Waals surface area contributed by atoms with E-state index < -0.39 is 0 Å². The average Bonchev–Trinajstić information content (AvgIpc) is 2.98. The van der Waals surface area contributed by atoms with Crippen molar-refractivity contribution in [3.8, 4) is 5.75 Å². The van der Waals surface area contributed by atoms with Crippen LogP contribution in [0.15, 0.2) is 51.4 Å². The van der Waals surface area contributed by atoms with Crippen molar-refractivity contribution >= 4 is 32.9 Å². The number of halogens is 1. The van der Waals surface area contributed by atoms with Gasteiger partial charge in [-0.2, -0.15) is 0 Å². The van der Waals surface area contributed by atoms with E-state index >= 15 is 0 Å². The molecule has 0 aliphatic heterocycles. The molecule has 4 nitrogen and oxygen atoms in total.